The second-order valence-corrected chi connectivity index (χ2v) is 4.50. The first-order valence-corrected chi connectivity index (χ1v) is 6.43. The summed E-state index contributed by atoms with van der Waals surface area (Å²) in [6.07, 6.45) is 7.50. The standard InChI is InChI=1S/C13H21N5/c1-4-12-10(9-17(3)16-12)11(14)8-13-15-6-7-18(13)5-2/h6-7,9,11H,4-5,8,14H2,1-3H3. The number of hydrogen-bond donors (Lipinski definition) is 1. The van der Waals surface area contributed by atoms with Crippen LogP contribution in [0.5, 0.6) is 0 Å². The third kappa shape index (κ3) is 2.46. The molecule has 0 aromatic carbocycles. The molecule has 2 aromatic rings. The van der Waals surface area contributed by atoms with Gasteiger partial charge in [0.15, 0.2) is 0 Å². The number of hydrogen-bond acceptors (Lipinski definition) is 3. The number of nitrogens with two attached hydrogens (primary N) is 1. The van der Waals surface area contributed by atoms with Gasteiger partial charge in [-0.3, -0.25) is 4.68 Å². The van der Waals surface area contributed by atoms with Gasteiger partial charge in [-0.1, -0.05) is 6.92 Å². The van der Waals surface area contributed by atoms with Gasteiger partial charge in [0.05, 0.1) is 5.69 Å². The van der Waals surface area contributed by atoms with E-state index in [-0.39, 0.29) is 6.04 Å². The van der Waals surface area contributed by atoms with Gasteiger partial charge in [0.1, 0.15) is 5.82 Å². The van der Waals surface area contributed by atoms with Crippen molar-refractivity contribution in [3.63, 3.8) is 0 Å². The molecule has 0 aliphatic carbocycles. The smallest absolute Gasteiger partial charge is 0.110 e. The van der Waals surface area contributed by atoms with Crippen molar-refractivity contribution in [3.05, 3.63) is 35.7 Å². The van der Waals surface area contributed by atoms with Gasteiger partial charge in [-0.25, -0.2) is 4.98 Å². The second-order valence-electron chi connectivity index (χ2n) is 4.50. The fourth-order valence-electron chi connectivity index (χ4n) is 2.26. The zero-order chi connectivity index (χ0) is 13.1. The molecule has 2 aromatic heterocycles. The van der Waals surface area contributed by atoms with E-state index in [0.717, 1.165) is 36.5 Å². The van der Waals surface area contributed by atoms with E-state index in [0.29, 0.717) is 0 Å². The number of rotatable bonds is 5. The van der Waals surface area contributed by atoms with E-state index < -0.39 is 0 Å². The van der Waals surface area contributed by atoms with Crippen LogP contribution in [0.1, 0.15) is 37.0 Å². The zero-order valence-electron chi connectivity index (χ0n) is 11.3. The Morgan fingerprint density at radius 3 is 2.83 bits per heavy atom. The van der Waals surface area contributed by atoms with Gasteiger partial charge in [0.2, 0.25) is 0 Å². The molecule has 0 amide bonds. The van der Waals surface area contributed by atoms with Crippen LogP contribution in [0, 0.1) is 0 Å². The van der Waals surface area contributed by atoms with Crippen LogP contribution in [0.4, 0.5) is 0 Å². The van der Waals surface area contributed by atoms with E-state index in [1.54, 1.807) is 0 Å². The molecule has 0 saturated heterocycles. The van der Waals surface area contributed by atoms with Crippen molar-refractivity contribution in [1.29, 1.82) is 0 Å². The van der Waals surface area contributed by atoms with Crippen molar-refractivity contribution in [2.45, 2.75) is 39.3 Å². The van der Waals surface area contributed by atoms with Crippen molar-refractivity contribution in [1.82, 2.24) is 19.3 Å². The number of aryl methyl sites for hydroxylation is 3. The maximum absolute atomic E-state index is 6.29. The number of imidazole rings is 1. The Kier molecular flexibility index (Phi) is 3.81. The molecule has 2 N–H and O–H groups in total. The van der Waals surface area contributed by atoms with Crippen molar-refractivity contribution >= 4 is 0 Å². The summed E-state index contributed by atoms with van der Waals surface area (Å²) in [5.74, 6) is 1.04. The van der Waals surface area contributed by atoms with Crippen molar-refractivity contribution in [2.24, 2.45) is 12.8 Å². The summed E-state index contributed by atoms with van der Waals surface area (Å²) in [5, 5.41) is 4.43. The molecule has 0 radical (unpaired) electrons. The van der Waals surface area contributed by atoms with Crippen LogP contribution < -0.4 is 5.73 Å². The van der Waals surface area contributed by atoms with Crippen LogP contribution in [-0.2, 0) is 26.4 Å². The van der Waals surface area contributed by atoms with E-state index in [9.17, 15) is 0 Å². The van der Waals surface area contributed by atoms with E-state index in [2.05, 4.69) is 28.5 Å². The molecule has 0 spiro atoms. The molecule has 0 aliphatic rings. The van der Waals surface area contributed by atoms with Crippen LogP contribution in [-0.4, -0.2) is 19.3 Å². The minimum Gasteiger partial charge on any atom is -0.335 e. The molecule has 0 fully saturated rings. The van der Waals surface area contributed by atoms with Gasteiger partial charge >= 0.3 is 0 Å². The summed E-state index contributed by atoms with van der Waals surface area (Å²) >= 11 is 0. The van der Waals surface area contributed by atoms with E-state index in [4.69, 9.17) is 5.73 Å². The normalized spacial score (nSPS) is 12.9. The molecule has 0 aliphatic heterocycles. The molecule has 1 unspecified atom stereocenters. The van der Waals surface area contributed by atoms with E-state index in [1.807, 2.05) is 30.3 Å². The average molecular weight is 247 g/mol. The van der Waals surface area contributed by atoms with Crippen LogP contribution in [0.15, 0.2) is 18.6 Å². The molecular weight excluding hydrogens is 226 g/mol. The van der Waals surface area contributed by atoms with E-state index in [1.165, 1.54) is 0 Å². The predicted molar refractivity (Wildman–Crippen MR) is 71.1 cm³/mol. The summed E-state index contributed by atoms with van der Waals surface area (Å²) < 4.78 is 3.96. The maximum Gasteiger partial charge on any atom is 0.110 e. The first kappa shape index (κ1) is 12.8. The zero-order valence-corrected chi connectivity index (χ0v) is 11.3. The van der Waals surface area contributed by atoms with Crippen LogP contribution in [0.25, 0.3) is 0 Å². The Labute approximate surface area is 108 Å². The van der Waals surface area contributed by atoms with Gasteiger partial charge in [0, 0.05) is 50.2 Å². The van der Waals surface area contributed by atoms with Gasteiger partial charge in [0.25, 0.3) is 0 Å². The van der Waals surface area contributed by atoms with Crippen LogP contribution in [0.3, 0.4) is 0 Å². The minimum atomic E-state index is -0.0404. The minimum absolute atomic E-state index is 0.0404. The molecule has 18 heavy (non-hydrogen) atoms. The van der Waals surface area contributed by atoms with Crippen molar-refractivity contribution in [2.75, 3.05) is 0 Å². The Balaban J connectivity index is 2.18. The topological polar surface area (TPSA) is 61.7 Å². The highest BCUT2D eigenvalue weighted by Gasteiger charge is 2.16. The molecular formula is C13H21N5. The molecule has 2 rings (SSSR count). The quantitative estimate of drug-likeness (QED) is 0.869. The lowest BCUT2D eigenvalue weighted by atomic mass is 10.0. The number of aromatic nitrogens is 4. The maximum atomic E-state index is 6.29. The lowest BCUT2D eigenvalue weighted by molar-refractivity contribution is 0.624. The Bertz CT molecular complexity index is 511. The molecule has 0 bridgehead atoms. The number of nitrogens with zero attached hydrogens (tertiary/aromatic N) is 4. The van der Waals surface area contributed by atoms with Gasteiger partial charge < -0.3 is 10.3 Å². The van der Waals surface area contributed by atoms with Gasteiger partial charge in [-0.05, 0) is 13.3 Å². The van der Waals surface area contributed by atoms with E-state index >= 15 is 0 Å². The molecule has 98 valence electrons. The SMILES string of the molecule is CCc1nn(C)cc1C(N)Cc1nccn1CC. The van der Waals surface area contributed by atoms with Crippen LogP contribution in [0.2, 0.25) is 0 Å². The Morgan fingerprint density at radius 2 is 2.17 bits per heavy atom. The highest BCUT2D eigenvalue weighted by Crippen LogP contribution is 2.19. The fraction of sp³-hybridized carbons (Fsp3) is 0.538. The van der Waals surface area contributed by atoms with Gasteiger partial charge in [-0.15, -0.1) is 0 Å². The Hall–Kier alpha value is -1.62. The van der Waals surface area contributed by atoms with Crippen LogP contribution >= 0.6 is 0 Å². The molecule has 0 saturated carbocycles. The fourth-order valence-corrected chi connectivity index (χ4v) is 2.26. The Morgan fingerprint density at radius 1 is 1.39 bits per heavy atom. The molecule has 5 nitrogen and oxygen atoms in total. The summed E-state index contributed by atoms with van der Waals surface area (Å²) in [5.41, 5.74) is 8.51. The monoisotopic (exact) mass is 247 g/mol. The van der Waals surface area contributed by atoms with Crippen molar-refractivity contribution < 1.29 is 0 Å². The van der Waals surface area contributed by atoms with Gasteiger partial charge in [-0.2, -0.15) is 5.10 Å². The van der Waals surface area contributed by atoms with Crippen molar-refractivity contribution in [3.8, 4) is 0 Å². The lowest BCUT2D eigenvalue weighted by Gasteiger charge is -2.12. The first-order valence-electron chi connectivity index (χ1n) is 6.43. The molecule has 2 heterocycles. The third-order valence-corrected chi connectivity index (χ3v) is 3.22. The summed E-state index contributed by atoms with van der Waals surface area (Å²) in [4.78, 5) is 4.37. The molecule has 5 heteroatoms. The highest BCUT2D eigenvalue weighted by atomic mass is 15.3. The second kappa shape index (κ2) is 5.35. The largest absolute Gasteiger partial charge is 0.335 e. The third-order valence-electron chi connectivity index (χ3n) is 3.22. The predicted octanol–water partition coefficient (Wildman–Crippen LogP) is 1.44. The highest BCUT2D eigenvalue weighted by molar-refractivity contribution is 5.22. The molecule has 1 atom stereocenters. The summed E-state index contributed by atoms with van der Waals surface area (Å²) in [6.45, 7) is 5.14. The summed E-state index contributed by atoms with van der Waals surface area (Å²) in [6, 6.07) is -0.0404. The first-order chi connectivity index (χ1) is 8.65. The average Bonchev–Trinajstić information content (AvgIpc) is 2.94. The lowest BCUT2D eigenvalue weighted by Crippen LogP contribution is -2.17. The summed E-state index contributed by atoms with van der Waals surface area (Å²) in [7, 11) is 1.93.